The highest BCUT2D eigenvalue weighted by Crippen LogP contribution is 2.35. The summed E-state index contributed by atoms with van der Waals surface area (Å²) in [5.41, 5.74) is 3.04. The Kier molecular flexibility index (Phi) is 3.90. The van der Waals surface area contributed by atoms with Gasteiger partial charge in [0.05, 0.1) is 13.7 Å². The number of methoxy groups -OCH3 is 1. The van der Waals surface area contributed by atoms with Gasteiger partial charge in [-0.15, -0.1) is 0 Å². The van der Waals surface area contributed by atoms with Crippen molar-refractivity contribution in [2.75, 3.05) is 7.11 Å². The van der Waals surface area contributed by atoms with Crippen LogP contribution in [-0.4, -0.2) is 18.5 Å². The van der Waals surface area contributed by atoms with E-state index in [0.717, 1.165) is 33.7 Å². The fourth-order valence-electron chi connectivity index (χ4n) is 2.76. The Morgan fingerprint density at radius 2 is 1.91 bits per heavy atom. The Hall–Kier alpha value is -2.65. The van der Waals surface area contributed by atoms with Crippen molar-refractivity contribution in [3.05, 3.63) is 65.7 Å². The second-order valence-electron chi connectivity index (χ2n) is 5.05. The van der Waals surface area contributed by atoms with Gasteiger partial charge >= 0.3 is 0 Å². The quantitative estimate of drug-likeness (QED) is 0.744. The molecular formula is C19H16O3. The molecule has 0 aliphatic rings. The van der Waals surface area contributed by atoms with E-state index in [2.05, 4.69) is 0 Å². The third kappa shape index (κ3) is 2.36. The normalized spacial score (nSPS) is 10.6. The summed E-state index contributed by atoms with van der Waals surface area (Å²) in [5.74, 6) is 0.636. The van der Waals surface area contributed by atoms with Gasteiger partial charge in [-0.25, -0.2) is 0 Å². The summed E-state index contributed by atoms with van der Waals surface area (Å²) >= 11 is 0. The second-order valence-corrected chi connectivity index (χ2v) is 5.05. The smallest absolute Gasteiger partial charge is 0.150 e. The van der Waals surface area contributed by atoms with Gasteiger partial charge in [0.2, 0.25) is 0 Å². The first-order valence-corrected chi connectivity index (χ1v) is 7.03. The number of aliphatic hydroxyl groups is 1. The highest BCUT2D eigenvalue weighted by molar-refractivity contribution is 6.02. The lowest BCUT2D eigenvalue weighted by Gasteiger charge is -2.14. The summed E-state index contributed by atoms with van der Waals surface area (Å²) in [6, 6.07) is 17.2. The lowest BCUT2D eigenvalue weighted by molar-refractivity contribution is 0.112. The summed E-state index contributed by atoms with van der Waals surface area (Å²) in [6.45, 7) is -0.0789. The maximum atomic E-state index is 11.5. The Morgan fingerprint density at radius 3 is 2.64 bits per heavy atom. The largest absolute Gasteiger partial charge is 0.497 e. The van der Waals surface area contributed by atoms with Gasteiger partial charge in [0.1, 0.15) is 5.75 Å². The molecule has 0 spiro atoms. The summed E-state index contributed by atoms with van der Waals surface area (Å²) in [6.07, 6.45) is 0.820. The van der Waals surface area contributed by atoms with Crippen molar-refractivity contribution in [1.29, 1.82) is 0 Å². The van der Waals surface area contributed by atoms with Crippen LogP contribution in [0.2, 0.25) is 0 Å². The van der Waals surface area contributed by atoms with Crippen molar-refractivity contribution in [3.8, 4) is 16.9 Å². The van der Waals surface area contributed by atoms with Gasteiger partial charge in [0.15, 0.2) is 6.29 Å². The molecule has 0 radical (unpaired) electrons. The monoisotopic (exact) mass is 292 g/mol. The average molecular weight is 292 g/mol. The minimum Gasteiger partial charge on any atom is -0.497 e. The Morgan fingerprint density at radius 1 is 1.09 bits per heavy atom. The molecule has 0 aliphatic heterocycles. The zero-order chi connectivity index (χ0) is 15.5. The molecular weight excluding hydrogens is 276 g/mol. The number of carbonyl (C=O) groups is 1. The van der Waals surface area contributed by atoms with Crippen molar-refractivity contribution in [1.82, 2.24) is 0 Å². The van der Waals surface area contributed by atoms with Gasteiger partial charge in [0.25, 0.3) is 0 Å². The molecule has 0 aromatic heterocycles. The molecule has 3 rings (SSSR count). The molecule has 0 saturated heterocycles. The van der Waals surface area contributed by atoms with E-state index in [1.54, 1.807) is 13.2 Å². The maximum absolute atomic E-state index is 11.5. The number of aliphatic hydroxyl groups excluding tert-OH is 1. The van der Waals surface area contributed by atoms with Crippen molar-refractivity contribution < 1.29 is 14.6 Å². The molecule has 0 fully saturated rings. The molecule has 0 bridgehead atoms. The van der Waals surface area contributed by atoms with E-state index in [4.69, 9.17) is 4.74 Å². The molecule has 3 heteroatoms. The van der Waals surface area contributed by atoms with Gasteiger partial charge in [0, 0.05) is 5.56 Å². The van der Waals surface area contributed by atoms with Gasteiger partial charge in [-0.3, -0.25) is 4.79 Å². The molecule has 0 saturated carbocycles. The number of hydrogen-bond donors (Lipinski definition) is 1. The number of fused-ring (bicyclic) bond motifs is 1. The number of aldehydes is 1. The summed E-state index contributed by atoms with van der Waals surface area (Å²) in [7, 11) is 1.57. The lowest BCUT2D eigenvalue weighted by atomic mass is 9.91. The second kappa shape index (κ2) is 6.00. The molecule has 3 aromatic rings. The molecule has 22 heavy (non-hydrogen) atoms. The predicted molar refractivity (Wildman–Crippen MR) is 87.2 cm³/mol. The maximum Gasteiger partial charge on any atom is 0.150 e. The fourth-order valence-corrected chi connectivity index (χ4v) is 2.76. The Balaban J connectivity index is 2.36. The first-order chi connectivity index (χ1) is 10.8. The first-order valence-electron chi connectivity index (χ1n) is 7.03. The first kappa shape index (κ1) is 14.3. The molecule has 3 aromatic carbocycles. The van der Waals surface area contributed by atoms with E-state index in [1.807, 2.05) is 48.5 Å². The number of benzene rings is 3. The molecule has 1 N–H and O–H groups in total. The van der Waals surface area contributed by atoms with Crippen LogP contribution >= 0.6 is 0 Å². The van der Waals surface area contributed by atoms with Crippen LogP contribution in [0.5, 0.6) is 5.75 Å². The molecule has 3 nitrogen and oxygen atoms in total. The molecule has 110 valence electrons. The van der Waals surface area contributed by atoms with Crippen molar-refractivity contribution in [2.45, 2.75) is 6.61 Å². The van der Waals surface area contributed by atoms with Gasteiger partial charge in [-0.05, 0) is 45.7 Å². The molecule has 0 amide bonds. The highest BCUT2D eigenvalue weighted by atomic mass is 16.5. The molecule has 0 unspecified atom stereocenters. The van der Waals surface area contributed by atoms with E-state index in [0.29, 0.717) is 11.3 Å². The van der Waals surface area contributed by atoms with Crippen LogP contribution in [0.3, 0.4) is 0 Å². The molecule has 0 heterocycles. The Bertz CT molecular complexity index is 837. The van der Waals surface area contributed by atoms with Crippen LogP contribution < -0.4 is 4.74 Å². The zero-order valence-corrected chi connectivity index (χ0v) is 12.2. The number of ether oxygens (including phenoxy) is 1. The van der Waals surface area contributed by atoms with Gasteiger partial charge in [-0.1, -0.05) is 36.4 Å². The standard InChI is InChI=1S/C19H16O3/c1-22-16-8-9-18(15(10-16)12-21)19-14(11-20)7-6-13-4-2-3-5-17(13)19/h2-10,12,20H,11H2,1H3. The predicted octanol–water partition coefficient (Wildman–Crippen LogP) is 3.82. The van der Waals surface area contributed by atoms with Crippen molar-refractivity contribution in [2.24, 2.45) is 0 Å². The van der Waals surface area contributed by atoms with Crippen LogP contribution in [0, 0.1) is 0 Å². The zero-order valence-electron chi connectivity index (χ0n) is 12.2. The van der Waals surface area contributed by atoms with E-state index >= 15 is 0 Å². The van der Waals surface area contributed by atoms with Crippen molar-refractivity contribution >= 4 is 17.1 Å². The average Bonchev–Trinajstić information content (AvgIpc) is 2.60. The van der Waals surface area contributed by atoms with Gasteiger partial charge in [-0.2, -0.15) is 0 Å². The van der Waals surface area contributed by atoms with Crippen LogP contribution in [-0.2, 0) is 6.61 Å². The van der Waals surface area contributed by atoms with Crippen LogP contribution in [0.25, 0.3) is 21.9 Å². The van der Waals surface area contributed by atoms with E-state index < -0.39 is 0 Å². The Labute approximate surface area is 128 Å². The van der Waals surface area contributed by atoms with Crippen LogP contribution in [0.4, 0.5) is 0 Å². The van der Waals surface area contributed by atoms with Crippen LogP contribution in [0.15, 0.2) is 54.6 Å². The topological polar surface area (TPSA) is 46.5 Å². The minimum atomic E-state index is -0.0789. The van der Waals surface area contributed by atoms with E-state index in [1.165, 1.54) is 0 Å². The van der Waals surface area contributed by atoms with Gasteiger partial charge < -0.3 is 9.84 Å². The van der Waals surface area contributed by atoms with Crippen molar-refractivity contribution in [3.63, 3.8) is 0 Å². The number of hydrogen-bond acceptors (Lipinski definition) is 3. The SMILES string of the molecule is COc1ccc(-c2c(CO)ccc3ccccc23)c(C=O)c1. The van der Waals surface area contributed by atoms with E-state index in [-0.39, 0.29) is 6.61 Å². The fraction of sp³-hybridized carbons (Fsp3) is 0.105. The minimum absolute atomic E-state index is 0.0789. The molecule has 0 atom stereocenters. The van der Waals surface area contributed by atoms with E-state index in [9.17, 15) is 9.90 Å². The third-order valence-electron chi connectivity index (χ3n) is 3.84. The summed E-state index contributed by atoms with van der Waals surface area (Å²) in [5, 5.41) is 11.8. The summed E-state index contributed by atoms with van der Waals surface area (Å²) in [4.78, 5) is 11.5. The highest BCUT2D eigenvalue weighted by Gasteiger charge is 2.13. The van der Waals surface area contributed by atoms with Crippen LogP contribution in [0.1, 0.15) is 15.9 Å². The number of rotatable bonds is 4. The molecule has 0 aliphatic carbocycles. The third-order valence-corrected chi connectivity index (χ3v) is 3.84. The lowest BCUT2D eigenvalue weighted by Crippen LogP contribution is -1.96. The number of carbonyl (C=O) groups excluding carboxylic acids is 1. The summed E-state index contributed by atoms with van der Waals surface area (Å²) < 4.78 is 5.18.